The molecule has 7 nitrogen and oxygen atoms in total. The number of nitrogens with zero attached hydrogens (tertiary/aromatic N) is 3. The van der Waals surface area contributed by atoms with Gasteiger partial charge in [0, 0.05) is 6.54 Å². The van der Waals surface area contributed by atoms with E-state index in [-0.39, 0.29) is 0 Å². The molecule has 0 saturated heterocycles. The fraction of sp³-hybridized carbons (Fsp3) is 0.417. The number of pyridine rings is 1. The van der Waals surface area contributed by atoms with Crippen molar-refractivity contribution in [3.63, 3.8) is 0 Å². The Morgan fingerprint density at radius 2 is 2.26 bits per heavy atom. The third-order valence-corrected chi connectivity index (χ3v) is 2.56. The second-order valence-corrected chi connectivity index (χ2v) is 4.46. The van der Waals surface area contributed by atoms with Gasteiger partial charge in [-0.25, -0.2) is 4.79 Å². The number of rotatable bonds is 6. The molecule has 0 atom stereocenters. The van der Waals surface area contributed by atoms with Crippen molar-refractivity contribution < 1.29 is 4.52 Å². The summed E-state index contributed by atoms with van der Waals surface area (Å²) in [5, 5.41) is 6.86. The number of hydrogen-bond acceptors (Lipinski definition) is 6. The quantitative estimate of drug-likeness (QED) is 0.749. The molecule has 2 rings (SSSR count). The van der Waals surface area contributed by atoms with Crippen molar-refractivity contribution in [3.8, 4) is 11.5 Å². The van der Waals surface area contributed by atoms with Crippen molar-refractivity contribution in [2.45, 2.75) is 6.42 Å². The summed E-state index contributed by atoms with van der Waals surface area (Å²) in [6, 6.07) is 3.67. The molecule has 0 aliphatic heterocycles. The Bertz CT molecular complexity index is 558. The molecule has 0 spiro atoms. The maximum absolute atomic E-state index is 10.8. The summed E-state index contributed by atoms with van der Waals surface area (Å²) >= 11 is 0. The molecule has 19 heavy (non-hydrogen) atoms. The number of nitrogens with one attached hydrogen (secondary N) is 2. The van der Waals surface area contributed by atoms with Crippen molar-refractivity contribution in [2.75, 3.05) is 32.5 Å². The minimum absolute atomic E-state index is 0.337. The van der Waals surface area contributed by atoms with Gasteiger partial charge in [-0.05, 0) is 39.2 Å². The van der Waals surface area contributed by atoms with Crippen LogP contribution in [0.2, 0.25) is 0 Å². The second-order valence-electron chi connectivity index (χ2n) is 4.46. The van der Waals surface area contributed by atoms with E-state index in [0.717, 1.165) is 25.2 Å². The minimum atomic E-state index is -0.581. The average molecular weight is 263 g/mol. The van der Waals surface area contributed by atoms with E-state index in [1.165, 1.54) is 0 Å². The van der Waals surface area contributed by atoms with Crippen molar-refractivity contribution in [1.82, 2.24) is 20.0 Å². The predicted molar refractivity (Wildman–Crippen MR) is 72.0 cm³/mol. The molecule has 0 amide bonds. The van der Waals surface area contributed by atoms with Gasteiger partial charge in [-0.2, -0.15) is 0 Å². The van der Waals surface area contributed by atoms with Crippen LogP contribution in [0.4, 0.5) is 5.69 Å². The number of H-pyrrole nitrogens is 1. The van der Waals surface area contributed by atoms with Gasteiger partial charge in [-0.3, -0.25) is 14.5 Å². The Morgan fingerprint density at radius 3 is 2.84 bits per heavy atom. The van der Waals surface area contributed by atoms with Gasteiger partial charge in [0.1, 0.15) is 5.69 Å². The summed E-state index contributed by atoms with van der Waals surface area (Å²) in [4.78, 5) is 19.6. The summed E-state index contributed by atoms with van der Waals surface area (Å²) < 4.78 is 4.43. The van der Waals surface area contributed by atoms with Crippen molar-refractivity contribution in [1.29, 1.82) is 0 Å². The molecule has 2 aromatic heterocycles. The van der Waals surface area contributed by atoms with Gasteiger partial charge in [0.2, 0.25) is 5.82 Å². The Hall–Kier alpha value is -2.15. The lowest BCUT2D eigenvalue weighted by atomic mass is 10.3. The zero-order chi connectivity index (χ0) is 13.7. The molecule has 2 heterocycles. The fourth-order valence-electron chi connectivity index (χ4n) is 1.61. The molecule has 2 aromatic rings. The van der Waals surface area contributed by atoms with Gasteiger partial charge >= 0.3 is 5.76 Å². The van der Waals surface area contributed by atoms with Gasteiger partial charge in [-0.1, -0.05) is 5.16 Å². The molecular weight excluding hydrogens is 246 g/mol. The van der Waals surface area contributed by atoms with Crippen LogP contribution in [0.1, 0.15) is 6.42 Å². The minimum Gasteiger partial charge on any atom is -0.384 e. The predicted octanol–water partition coefficient (Wildman–Crippen LogP) is 0.788. The van der Waals surface area contributed by atoms with E-state index in [4.69, 9.17) is 0 Å². The van der Waals surface area contributed by atoms with Crippen LogP contribution >= 0.6 is 0 Å². The molecule has 0 radical (unpaired) electrons. The fourth-order valence-corrected chi connectivity index (χ4v) is 1.61. The molecule has 0 unspecified atom stereocenters. The Labute approximate surface area is 110 Å². The van der Waals surface area contributed by atoms with Crippen LogP contribution in [0.15, 0.2) is 27.6 Å². The maximum atomic E-state index is 10.8. The molecule has 0 aliphatic carbocycles. The summed E-state index contributed by atoms with van der Waals surface area (Å²) in [6.45, 7) is 1.93. The molecule has 2 N–H and O–H groups in total. The molecule has 0 saturated carbocycles. The highest BCUT2D eigenvalue weighted by Gasteiger charge is 2.05. The van der Waals surface area contributed by atoms with Crippen LogP contribution in [-0.2, 0) is 0 Å². The van der Waals surface area contributed by atoms with Crippen LogP contribution in [0.25, 0.3) is 11.5 Å². The smallest absolute Gasteiger partial charge is 0.384 e. The van der Waals surface area contributed by atoms with Crippen LogP contribution in [-0.4, -0.2) is 47.2 Å². The average Bonchev–Trinajstić information content (AvgIpc) is 2.82. The monoisotopic (exact) mass is 263 g/mol. The van der Waals surface area contributed by atoms with E-state index in [1.54, 1.807) is 12.3 Å². The van der Waals surface area contributed by atoms with Crippen molar-refractivity contribution in [2.24, 2.45) is 0 Å². The van der Waals surface area contributed by atoms with E-state index in [0.29, 0.717) is 11.5 Å². The first-order chi connectivity index (χ1) is 9.15. The first-order valence-corrected chi connectivity index (χ1v) is 6.06. The van der Waals surface area contributed by atoms with Crippen LogP contribution < -0.4 is 11.1 Å². The highest BCUT2D eigenvalue weighted by atomic mass is 16.5. The van der Waals surface area contributed by atoms with E-state index < -0.39 is 5.76 Å². The lowest BCUT2D eigenvalue weighted by Crippen LogP contribution is -2.16. The van der Waals surface area contributed by atoms with E-state index in [1.807, 2.05) is 6.07 Å². The summed E-state index contributed by atoms with van der Waals surface area (Å²) in [5.74, 6) is -0.244. The third-order valence-electron chi connectivity index (χ3n) is 2.56. The molecule has 0 bridgehead atoms. The third kappa shape index (κ3) is 3.92. The molecule has 0 aromatic carbocycles. The van der Waals surface area contributed by atoms with Crippen molar-refractivity contribution in [3.05, 3.63) is 28.9 Å². The number of hydrogen-bond donors (Lipinski definition) is 2. The van der Waals surface area contributed by atoms with Gasteiger partial charge in [0.25, 0.3) is 0 Å². The topological polar surface area (TPSA) is 87.0 Å². The van der Waals surface area contributed by atoms with Crippen LogP contribution in [0, 0.1) is 0 Å². The van der Waals surface area contributed by atoms with E-state index >= 15 is 0 Å². The molecule has 0 aliphatic rings. The highest BCUT2D eigenvalue weighted by molar-refractivity contribution is 5.52. The number of aromatic nitrogens is 3. The molecule has 7 heteroatoms. The van der Waals surface area contributed by atoms with E-state index in [9.17, 15) is 4.79 Å². The maximum Gasteiger partial charge on any atom is 0.439 e. The van der Waals surface area contributed by atoms with Crippen LogP contribution in [0.5, 0.6) is 0 Å². The lowest BCUT2D eigenvalue weighted by Gasteiger charge is -2.10. The van der Waals surface area contributed by atoms with Gasteiger partial charge in [0.05, 0.1) is 11.9 Å². The number of anilines is 1. The zero-order valence-corrected chi connectivity index (χ0v) is 11.0. The standard InChI is InChI=1S/C12H17N5O2/c1-17(2)7-3-6-13-9-4-5-10(14-8-9)11-15-12(18)19-16-11/h4-5,8,13H,3,6-7H2,1-2H3,(H,15,16,18). The Kier molecular flexibility index (Phi) is 4.30. The van der Waals surface area contributed by atoms with Gasteiger partial charge < -0.3 is 10.2 Å². The summed E-state index contributed by atoms with van der Waals surface area (Å²) in [6.07, 6.45) is 2.77. The van der Waals surface area contributed by atoms with Gasteiger partial charge in [-0.15, -0.1) is 0 Å². The number of aromatic amines is 1. The first kappa shape index (κ1) is 13.3. The molecule has 102 valence electrons. The SMILES string of the molecule is CN(C)CCCNc1ccc(-c2noc(=O)[nH]2)nc1. The Balaban J connectivity index is 1.90. The summed E-state index contributed by atoms with van der Waals surface area (Å²) in [5.41, 5.74) is 1.51. The summed E-state index contributed by atoms with van der Waals surface area (Å²) in [7, 11) is 4.10. The molecular formula is C12H17N5O2. The zero-order valence-electron chi connectivity index (χ0n) is 11.0. The largest absolute Gasteiger partial charge is 0.439 e. The highest BCUT2D eigenvalue weighted by Crippen LogP contribution is 2.13. The second kappa shape index (κ2) is 6.14. The van der Waals surface area contributed by atoms with Crippen LogP contribution in [0.3, 0.4) is 0 Å². The van der Waals surface area contributed by atoms with Crippen molar-refractivity contribution >= 4 is 5.69 Å². The Morgan fingerprint density at radius 1 is 1.42 bits per heavy atom. The van der Waals surface area contributed by atoms with E-state index in [2.05, 4.69) is 44.0 Å². The normalized spacial score (nSPS) is 10.9. The molecule has 0 fully saturated rings. The van der Waals surface area contributed by atoms with Gasteiger partial charge in [0.15, 0.2) is 0 Å². The first-order valence-electron chi connectivity index (χ1n) is 6.06. The lowest BCUT2D eigenvalue weighted by molar-refractivity contribution is 0.387.